The van der Waals surface area contributed by atoms with Crippen molar-refractivity contribution in [2.45, 2.75) is 56.9 Å². The summed E-state index contributed by atoms with van der Waals surface area (Å²) in [6.45, 7) is 2.90. The second-order valence-corrected chi connectivity index (χ2v) is 12.1. The van der Waals surface area contributed by atoms with Gasteiger partial charge in [0.2, 0.25) is 11.8 Å². The quantitative estimate of drug-likeness (QED) is 0.532. The van der Waals surface area contributed by atoms with E-state index in [2.05, 4.69) is 27.3 Å². The number of hydrogen-bond donors (Lipinski definition) is 2. The fourth-order valence-electron chi connectivity index (χ4n) is 6.72. The molecular formula is C28H35BrClFN4O2. The summed E-state index contributed by atoms with van der Waals surface area (Å²) >= 11 is 10.2. The second-order valence-electron chi connectivity index (χ2n) is 10.8. The van der Waals surface area contributed by atoms with E-state index in [1.165, 1.54) is 17.3 Å². The van der Waals surface area contributed by atoms with Gasteiger partial charge in [-0.3, -0.25) is 9.59 Å². The number of fused-ring (bicyclic) bond motifs is 2. The maximum atomic E-state index is 14.2. The molecule has 2 amide bonds. The summed E-state index contributed by atoms with van der Waals surface area (Å²) in [4.78, 5) is 28.8. The van der Waals surface area contributed by atoms with Crippen molar-refractivity contribution in [2.24, 2.45) is 17.6 Å². The lowest BCUT2D eigenvalue weighted by Crippen LogP contribution is -2.45. The molecule has 200 valence electrons. The zero-order valence-electron chi connectivity index (χ0n) is 21.0. The number of allylic oxidation sites excluding steroid dienone is 2. The predicted molar refractivity (Wildman–Crippen MR) is 147 cm³/mol. The van der Waals surface area contributed by atoms with Gasteiger partial charge in [-0.2, -0.15) is 0 Å². The molecule has 0 radical (unpaired) electrons. The number of nitrogens with one attached hydrogen (secondary N) is 1. The number of halogens is 3. The Morgan fingerprint density at radius 2 is 1.73 bits per heavy atom. The Morgan fingerprint density at radius 1 is 1.05 bits per heavy atom. The van der Waals surface area contributed by atoms with Gasteiger partial charge >= 0.3 is 0 Å². The number of rotatable bonds is 4. The standard InChI is InChI=1S/C28H35BrClFN4O2/c29-23-14-21(30)12-19-1-2-20-13-22(31)16-33-28(20)27(26(19)23)18-5-9-34(10-6-18)24(36)11-17-3-7-35(8-4-17)25(37)15-32/h12-14,16-18,27-28,33H,1-11,15,32H2. The first-order valence-corrected chi connectivity index (χ1v) is 14.6. The Bertz CT molecular complexity index is 1110. The molecule has 1 aromatic carbocycles. The summed E-state index contributed by atoms with van der Waals surface area (Å²) in [6, 6.07) is 4.06. The van der Waals surface area contributed by atoms with E-state index < -0.39 is 0 Å². The highest BCUT2D eigenvalue weighted by molar-refractivity contribution is 9.10. The number of carbonyl (C=O) groups excluding carboxylic acids is 2. The van der Waals surface area contributed by atoms with Crippen LogP contribution in [0.3, 0.4) is 0 Å². The smallest absolute Gasteiger partial charge is 0.236 e. The van der Waals surface area contributed by atoms with Crippen LogP contribution in [0.4, 0.5) is 4.39 Å². The van der Waals surface area contributed by atoms with Gasteiger partial charge in [0, 0.05) is 54.2 Å². The molecule has 2 unspecified atom stereocenters. The van der Waals surface area contributed by atoms with Gasteiger partial charge in [0.25, 0.3) is 0 Å². The predicted octanol–water partition coefficient (Wildman–Crippen LogP) is 4.67. The summed E-state index contributed by atoms with van der Waals surface area (Å²) in [5.41, 5.74) is 9.08. The van der Waals surface area contributed by atoms with Crippen LogP contribution < -0.4 is 11.1 Å². The number of nitrogens with zero attached hydrogens (tertiary/aromatic N) is 2. The zero-order valence-corrected chi connectivity index (χ0v) is 23.4. The molecule has 2 saturated heterocycles. The minimum Gasteiger partial charge on any atom is -0.381 e. The first-order chi connectivity index (χ1) is 17.8. The van der Waals surface area contributed by atoms with Gasteiger partial charge in [-0.25, -0.2) is 4.39 Å². The van der Waals surface area contributed by atoms with E-state index in [4.69, 9.17) is 17.3 Å². The number of likely N-dealkylation sites (tertiary alicyclic amines) is 2. The number of benzene rings is 1. The molecule has 37 heavy (non-hydrogen) atoms. The molecule has 4 aliphatic rings. The number of aryl methyl sites for hydroxylation is 1. The van der Waals surface area contributed by atoms with Crippen molar-refractivity contribution in [1.29, 1.82) is 0 Å². The van der Waals surface area contributed by atoms with Crippen LogP contribution in [0.1, 0.15) is 55.6 Å². The molecule has 0 spiro atoms. The molecule has 3 aliphatic heterocycles. The summed E-state index contributed by atoms with van der Waals surface area (Å²) < 4.78 is 15.2. The van der Waals surface area contributed by atoms with E-state index in [0.29, 0.717) is 36.4 Å². The third kappa shape index (κ3) is 5.76. The van der Waals surface area contributed by atoms with Crippen LogP contribution in [0.5, 0.6) is 0 Å². The average Bonchev–Trinajstić information content (AvgIpc) is 3.05. The maximum Gasteiger partial charge on any atom is 0.236 e. The third-order valence-corrected chi connectivity index (χ3v) is 9.56. The molecule has 0 bridgehead atoms. The summed E-state index contributed by atoms with van der Waals surface area (Å²) in [6.07, 6.45) is 8.88. The molecule has 3 N–H and O–H groups in total. The lowest BCUT2D eigenvalue weighted by Gasteiger charge is -2.41. The van der Waals surface area contributed by atoms with E-state index >= 15 is 0 Å². The largest absolute Gasteiger partial charge is 0.381 e. The number of hydrogen-bond acceptors (Lipinski definition) is 4. The van der Waals surface area contributed by atoms with Crippen LogP contribution in [0.2, 0.25) is 5.02 Å². The number of amides is 2. The highest BCUT2D eigenvalue weighted by atomic mass is 79.9. The monoisotopic (exact) mass is 592 g/mol. The third-order valence-electron chi connectivity index (χ3n) is 8.68. The normalized spacial score (nSPS) is 24.9. The topological polar surface area (TPSA) is 78.7 Å². The molecular weight excluding hydrogens is 559 g/mol. The minimum absolute atomic E-state index is 0.00969. The van der Waals surface area contributed by atoms with Crippen molar-refractivity contribution in [3.63, 3.8) is 0 Å². The van der Waals surface area contributed by atoms with Crippen LogP contribution in [-0.2, 0) is 16.0 Å². The van der Waals surface area contributed by atoms with Crippen molar-refractivity contribution in [3.8, 4) is 0 Å². The van der Waals surface area contributed by atoms with Crippen molar-refractivity contribution < 1.29 is 14.0 Å². The van der Waals surface area contributed by atoms with Crippen molar-refractivity contribution >= 4 is 39.3 Å². The molecule has 1 aliphatic carbocycles. The Balaban J connectivity index is 1.26. The highest BCUT2D eigenvalue weighted by Gasteiger charge is 2.40. The molecule has 6 nitrogen and oxygen atoms in total. The highest BCUT2D eigenvalue weighted by Crippen LogP contribution is 2.47. The van der Waals surface area contributed by atoms with Gasteiger partial charge in [-0.1, -0.05) is 27.5 Å². The summed E-state index contributed by atoms with van der Waals surface area (Å²) in [5.74, 6) is 0.831. The Labute approximate surface area is 231 Å². The van der Waals surface area contributed by atoms with Gasteiger partial charge in [-0.05, 0) is 85.3 Å². The molecule has 2 atom stereocenters. The van der Waals surface area contributed by atoms with Crippen molar-refractivity contribution in [3.05, 3.63) is 56.4 Å². The SMILES string of the molecule is NCC(=O)N1CCC(CC(=O)N2CCC(C3c4c(Br)cc(Cl)cc4CCC4=CC(F)=CNC43)CC2)CC1. The van der Waals surface area contributed by atoms with Gasteiger partial charge in [0.1, 0.15) is 5.83 Å². The van der Waals surface area contributed by atoms with Gasteiger partial charge in [0.05, 0.1) is 12.6 Å². The fourth-order valence-corrected chi connectivity index (χ4v) is 7.86. The van der Waals surface area contributed by atoms with Gasteiger partial charge in [-0.15, -0.1) is 0 Å². The average molecular weight is 594 g/mol. The molecule has 0 saturated carbocycles. The lowest BCUT2D eigenvalue weighted by molar-refractivity contribution is -0.134. The molecule has 3 heterocycles. The van der Waals surface area contributed by atoms with E-state index in [1.807, 2.05) is 15.9 Å². The number of carbonyl (C=O) groups is 2. The van der Waals surface area contributed by atoms with Gasteiger partial charge < -0.3 is 20.9 Å². The number of dihydropyridines is 1. The van der Waals surface area contributed by atoms with Crippen molar-refractivity contribution in [1.82, 2.24) is 15.1 Å². The van der Waals surface area contributed by atoms with Crippen LogP contribution >= 0.6 is 27.5 Å². The van der Waals surface area contributed by atoms with Crippen LogP contribution in [0.25, 0.3) is 0 Å². The first kappa shape index (κ1) is 26.7. The lowest BCUT2D eigenvalue weighted by atomic mass is 9.73. The summed E-state index contributed by atoms with van der Waals surface area (Å²) in [7, 11) is 0. The van der Waals surface area contributed by atoms with E-state index in [9.17, 15) is 14.0 Å². The minimum atomic E-state index is -0.230. The fraction of sp³-hybridized carbons (Fsp3) is 0.571. The molecule has 1 aromatic rings. The van der Waals surface area contributed by atoms with Crippen molar-refractivity contribution in [2.75, 3.05) is 32.7 Å². The van der Waals surface area contributed by atoms with E-state index in [0.717, 1.165) is 61.7 Å². The maximum absolute atomic E-state index is 14.2. The van der Waals surface area contributed by atoms with Gasteiger partial charge in [0.15, 0.2) is 0 Å². The number of nitrogens with two attached hydrogens (primary N) is 1. The Hall–Kier alpha value is -1.90. The summed E-state index contributed by atoms with van der Waals surface area (Å²) in [5, 5.41) is 4.08. The molecule has 0 aromatic heterocycles. The molecule has 2 fully saturated rings. The molecule has 5 rings (SSSR count). The zero-order chi connectivity index (χ0) is 26.1. The first-order valence-electron chi connectivity index (χ1n) is 13.4. The Kier molecular flexibility index (Phi) is 8.27. The number of piperidine rings is 2. The second kappa shape index (κ2) is 11.5. The molecule has 9 heteroatoms. The Morgan fingerprint density at radius 3 is 2.43 bits per heavy atom. The van der Waals surface area contributed by atoms with E-state index in [1.54, 1.807) is 6.08 Å². The van der Waals surface area contributed by atoms with E-state index in [-0.39, 0.29) is 36.1 Å². The van der Waals surface area contributed by atoms with Crippen LogP contribution in [-0.4, -0.2) is 60.4 Å². The van der Waals surface area contributed by atoms with Crippen LogP contribution in [0.15, 0.2) is 40.3 Å². The van der Waals surface area contributed by atoms with Crippen LogP contribution in [0, 0.1) is 11.8 Å².